The topological polar surface area (TPSA) is 29.5 Å². The van der Waals surface area contributed by atoms with Crippen molar-refractivity contribution in [3.63, 3.8) is 0 Å². The van der Waals surface area contributed by atoms with Gasteiger partial charge in [-0.3, -0.25) is 4.79 Å². The van der Waals surface area contributed by atoms with Gasteiger partial charge in [0.2, 0.25) is 0 Å². The summed E-state index contributed by atoms with van der Waals surface area (Å²) in [6.07, 6.45) is 3.11. The zero-order valence-electron chi connectivity index (χ0n) is 12.0. The second-order valence-corrected chi connectivity index (χ2v) is 5.58. The van der Waals surface area contributed by atoms with Gasteiger partial charge in [0, 0.05) is 31.7 Å². The van der Waals surface area contributed by atoms with Crippen LogP contribution < -0.4 is 0 Å². The summed E-state index contributed by atoms with van der Waals surface area (Å²) < 4.78 is 5.68. The molecule has 110 valence electrons. The van der Waals surface area contributed by atoms with E-state index in [-0.39, 0.29) is 5.78 Å². The lowest BCUT2D eigenvalue weighted by atomic mass is 10.1. The Morgan fingerprint density at radius 2 is 2.25 bits per heavy atom. The molecule has 4 heteroatoms. The number of hydrogen-bond acceptors (Lipinski definition) is 3. The number of ether oxygens (including phenoxy) is 1. The maximum Gasteiger partial charge on any atom is 0.165 e. The lowest BCUT2D eigenvalue weighted by Crippen LogP contribution is -2.40. The fourth-order valence-electron chi connectivity index (χ4n) is 2.67. The SMILES string of the molecule is CCOC1CCCN(CCC(=O)c2ccccc2Cl)C1. The van der Waals surface area contributed by atoms with E-state index in [4.69, 9.17) is 16.3 Å². The molecule has 2 rings (SSSR count). The Labute approximate surface area is 125 Å². The molecule has 1 fully saturated rings. The lowest BCUT2D eigenvalue weighted by molar-refractivity contribution is 0.00589. The molecule has 0 aromatic heterocycles. The van der Waals surface area contributed by atoms with Crippen molar-refractivity contribution in [2.24, 2.45) is 0 Å². The zero-order chi connectivity index (χ0) is 14.4. The van der Waals surface area contributed by atoms with E-state index >= 15 is 0 Å². The van der Waals surface area contributed by atoms with E-state index in [2.05, 4.69) is 4.90 Å². The minimum absolute atomic E-state index is 0.120. The average molecular weight is 296 g/mol. The first-order chi connectivity index (χ1) is 9.70. The van der Waals surface area contributed by atoms with Crippen LogP contribution in [0, 0.1) is 0 Å². The molecule has 0 amide bonds. The molecular formula is C16H22ClNO2. The number of piperidine rings is 1. The van der Waals surface area contributed by atoms with Gasteiger partial charge in [-0.2, -0.15) is 0 Å². The van der Waals surface area contributed by atoms with E-state index in [0.29, 0.717) is 23.1 Å². The number of hydrogen-bond donors (Lipinski definition) is 0. The number of nitrogens with zero attached hydrogens (tertiary/aromatic N) is 1. The maximum absolute atomic E-state index is 12.2. The number of carbonyl (C=O) groups is 1. The Balaban J connectivity index is 1.83. The van der Waals surface area contributed by atoms with Gasteiger partial charge in [-0.15, -0.1) is 0 Å². The van der Waals surface area contributed by atoms with Crippen molar-refractivity contribution in [2.45, 2.75) is 32.3 Å². The molecule has 0 aliphatic carbocycles. The van der Waals surface area contributed by atoms with E-state index in [0.717, 1.165) is 39.1 Å². The van der Waals surface area contributed by atoms with Crippen LogP contribution in [0.25, 0.3) is 0 Å². The second-order valence-electron chi connectivity index (χ2n) is 5.17. The minimum Gasteiger partial charge on any atom is -0.377 e. The van der Waals surface area contributed by atoms with E-state index < -0.39 is 0 Å². The Morgan fingerprint density at radius 3 is 3.00 bits per heavy atom. The Bertz CT molecular complexity index is 448. The lowest BCUT2D eigenvalue weighted by Gasteiger charge is -2.32. The number of likely N-dealkylation sites (tertiary alicyclic amines) is 1. The predicted octanol–water partition coefficient (Wildman–Crippen LogP) is 3.41. The fourth-order valence-corrected chi connectivity index (χ4v) is 2.91. The maximum atomic E-state index is 12.2. The molecule has 3 nitrogen and oxygen atoms in total. The molecule has 0 spiro atoms. The van der Waals surface area contributed by atoms with E-state index in [1.165, 1.54) is 0 Å². The highest BCUT2D eigenvalue weighted by Gasteiger charge is 2.20. The molecule has 1 unspecified atom stereocenters. The van der Waals surface area contributed by atoms with Gasteiger partial charge in [-0.25, -0.2) is 0 Å². The van der Waals surface area contributed by atoms with Crippen molar-refractivity contribution < 1.29 is 9.53 Å². The molecule has 1 atom stereocenters. The number of Topliss-reactive ketones (excluding diaryl/α,β-unsaturated/α-hetero) is 1. The van der Waals surface area contributed by atoms with Gasteiger partial charge in [0.05, 0.1) is 11.1 Å². The van der Waals surface area contributed by atoms with Crippen molar-refractivity contribution >= 4 is 17.4 Å². The molecule has 20 heavy (non-hydrogen) atoms. The summed E-state index contributed by atoms with van der Waals surface area (Å²) in [5.74, 6) is 0.120. The third-order valence-corrected chi connectivity index (χ3v) is 4.02. The van der Waals surface area contributed by atoms with Crippen molar-refractivity contribution in [3.8, 4) is 0 Å². The largest absolute Gasteiger partial charge is 0.377 e. The number of ketones is 1. The van der Waals surface area contributed by atoms with Gasteiger partial charge >= 0.3 is 0 Å². The third kappa shape index (κ3) is 4.30. The standard InChI is InChI=1S/C16H22ClNO2/c1-2-20-13-6-5-10-18(12-13)11-9-16(19)14-7-3-4-8-15(14)17/h3-4,7-8,13H,2,5-6,9-12H2,1H3. The van der Waals surface area contributed by atoms with Crippen LogP contribution in [0.3, 0.4) is 0 Å². The van der Waals surface area contributed by atoms with Crippen molar-refractivity contribution in [2.75, 3.05) is 26.2 Å². The third-order valence-electron chi connectivity index (χ3n) is 3.69. The summed E-state index contributed by atoms with van der Waals surface area (Å²) in [6.45, 7) is 5.56. The van der Waals surface area contributed by atoms with Crippen LogP contribution in [0.4, 0.5) is 0 Å². The van der Waals surface area contributed by atoms with Gasteiger partial charge in [-0.1, -0.05) is 23.7 Å². The first kappa shape index (κ1) is 15.5. The Kier molecular flexibility index (Phi) is 6.02. The molecule has 1 aromatic carbocycles. The van der Waals surface area contributed by atoms with Crippen LogP contribution in [0.1, 0.15) is 36.5 Å². The molecule has 1 aliphatic heterocycles. The molecule has 0 bridgehead atoms. The second kappa shape index (κ2) is 7.77. The summed E-state index contributed by atoms with van der Waals surface area (Å²) in [4.78, 5) is 14.5. The first-order valence-electron chi connectivity index (χ1n) is 7.32. The molecule has 1 saturated heterocycles. The molecule has 1 heterocycles. The highest BCUT2D eigenvalue weighted by molar-refractivity contribution is 6.33. The van der Waals surface area contributed by atoms with Crippen LogP contribution >= 0.6 is 11.6 Å². The number of rotatable bonds is 6. The summed E-state index contributed by atoms with van der Waals surface area (Å²) in [5.41, 5.74) is 0.632. The molecular weight excluding hydrogens is 274 g/mol. The zero-order valence-corrected chi connectivity index (χ0v) is 12.7. The first-order valence-corrected chi connectivity index (χ1v) is 7.70. The van der Waals surface area contributed by atoms with Crippen molar-refractivity contribution in [3.05, 3.63) is 34.9 Å². The summed E-state index contributed by atoms with van der Waals surface area (Å²) in [7, 11) is 0. The van der Waals surface area contributed by atoms with Crippen LogP contribution in [0.2, 0.25) is 5.02 Å². The van der Waals surface area contributed by atoms with Crippen molar-refractivity contribution in [1.82, 2.24) is 4.90 Å². The fraction of sp³-hybridized carbons (Fsp3) is 0.562. The van der Waals surface area contributed by atoms with Gasteiger partial charge < -0.3 is 9.64 Å². The molecule has 1 aromatic rings. The van der Waals surface area contributed by atoms with Crippen LogP contribution in [0.5, 0.6) is 0 Å². The van der Waals surface area contributed by atoms with E-state index in [1.807, 2.05) is 19.1 Å². The number of benzene rings is 1. The average Bonchev–Trinajstić information content (AvgIpc) is 2.46. The Hall–Kier alpha value is -0.900. The van der Waals surface area contributed by atoms with Crippen LogP contribution in [0.15, 0.2) is 24.3 Å². The highest BCUT2D eigenvalue weighted by atomic mass is 35.5. The van der Waals surface area contributed by atoms with E-state index in [1.54, 1.807) is 12.1 Å². The van der Waals surface area contributed by atoms with Gasteiger partial charge in [0.25, 0.3) is 0 Å². The molecule has 0 N–H and O–H groups in total. The van der Waals surface area contributed by atoms with E-state index in [9.17, 15) is 4.79 Å². The predicted molar refractivity (Wildman–Crippen MR) is 81.5 cm³/mol. The van der Waals surface area contributed by atoms with Crippen LogP contribution in [-0.2, 0) is 4.74 Å². The number of halogens is 1. The molecule has 0 saturated carbocycles. The Morgan fingerprint density at radius 1 is 1.45 bits per heavy atom. The molecule has 0 radical (unpaired) electrons. The number of carbonyl (C=O) groups excluding carboxylic acids is 1. The van der Waals surface area contributed by atoms with Crippen molar-refractivity contribution in [1.29, 1.82) is 0 Å². The van der Waals surface area contributed by atoms with Gasteiger partial charge in [-0.05, 0) is 38.4 Å². The molecule has 1 aliphatic rings. The van der Waals surface area contributed by atoms with Gasteiger partial charge in [0.1, 0.15) is 0 Å². The normalized spacial score (nSPS) is 20.0. The smallest absolute Gasteiger partial charge is 0.165 e. The quantitative estimate of drug-likeness (QED) is 0.753. The summed E-state index contributed by atoms with van der Waals surface area (Å²) in [5, 5.41) is 0.545. The van der Waals surface area contributed by atoms with Crippen LogP contribution in [-0.4, -0.2) is 43.0 Å². The monoisotopic (exact) mass is 295 g/mol. The minimum atomic E-state index is 0.120. The van der Waals surface area contributed by atoms with Gasteiger partial charge in [0.15, 0.2) is 5.78 Å². The summed E-state index contributed by atoms with van der Waals surface area (Å²) in [6, 6.07) is 7.26. The highest BCUT2D eigenvalue weighted by Crippen LogP contribution is 2.18. The summed E-state index contributed by atoms with van der Waals surface area (Å²) >= 11 is 6.05.